The van der Waals surface area contributed by atoms with Crippen LogP contribution in [0.2, 0.25) is 5.15 Å². The minimum Gasteiger partial charge on any atom is -0.444 e. The van der Waals surface area contributed by atoms with Gasteiger partial charge in [0.25, 0.3) is 0 Å². The summed E-state index contributed by atoms with van der Waals surface area (Å²) < 4.78 is 48.4. The van der Waals surface area contributed by atoms with Gasteiger partial charge in [0.15, 0.2) is 0 Å². The van der Waals surface area contributed by atoms with Crippen LogP contribution in [0.25, 0.3) is 0 Å². The van der Waals surface area contributed by atoms with Crippen molar-refractivity contribution in [2.45, 2.75) is 57.5 Å². The Labute approximate surface area is 217 Å². The number of nitrogens with zero attached hydrogens (tertiary/aromatic N) is 3. The smallest absolute Gasteiger partial charge is 0.444 e. The number of benzene rings is 1. The molecule has 0 unspecified atom stereocenters. The summed E-state index contributed by atoms with van der Waals surface area (Å²) >= 11 is 5.92. The molecule has 3 heterocycles. The van der Waals surface area contributed by atoms with Gasteiger partial charge in [-0.2, -0.15) is 0 Å². The third-order valence-corrected chi connectivity index (χ3v) is 6.58. The average molecular weight is 541 g/mol. The molecule has 0 aliphatic carbocycles. The van der Waals surface area contributed by atoms with E-state index in [4.69, 9.17) is 16.3 Å². The van der Waals surface area contributed by atoms with E-state index in [2.05, 4.69) is 15.0 Å². The Kier molecular flexibility index (Phi) is 7.20. The highest BCUT2D eigenvalue weighted by atomic mass is 35.5. The number of piperidine rings is 1. The number of hydrogen-bond donors (Lipinski definition) is 1. The number of halogens is 4. The van der Waals surface area contributed by atoms with E-state index >= 15 is 0 Å². The van der Waals surface area contributed by atoms with Crippen LogP contribution in [0.1, 0.15) is 44.7 Å². The summed E-state index contributed by atoms with van der Waals surface area (Å²) in [7, 11) is 0. The fraction of sp³-hybridized carbons (Fsp3) is 0.480. The normalized spacial score (nSPS) is 16.9. The van der Waals surface area contributed by atoms with E-state index in [1.165, 1.54) is 29.3 Å². The van der Waals surface area contributed by atoms with Gasteiger partial charge < -0.3 is 19.7 Å². The molecular weight excluding hydrogens is 513 g/mol. The van der Waals surface area contributed by atoms with Gasteiger partial charge in [0.05, 0.1) is 0 Å². The number of pyridine rings is 1. The molecule has 1 aromatic carbocycles. The molecule has 3 amide bonds. The molecule has 37 heavy (non-hydrogen) atoms. The number of carbonyl (C=O) groups is 2. The fourth-order valence-electron chi connectivity index (χ4n) is 4.72. The second kappa shape index (κ2) is 9.92. The standard InChI is InChI=1S/C25H28ClF3N4O4/c1-23(2,3)37-22(35)32-10-7-24(8-11-32)15-33(21(34)31-14-16-6-9-30-20(26)12-16)19-5-4-17(13-18(19)24)36-25(27,28)29/h4-6,9,12-13H,7-8,10-11,14-15H2,1-3H3,(H,31,34). The van der Waals surface area contributed by atoms with E-state index in [9.17, 15) is 22.8 Å². The van der Waals surface area contributed by atoms with E-state index < -0.39 is 29.5 Å². The van der Waals surface area contributed by atoms with Gasteiger partial charge in [-0.05, 0) is 75.1 Å². The van der Waals surface area contributed by atoms with Crippen molar-refractivity contribution >= 4 is 29.4 Å². The summed E-state index contributed by atoms with van der Waals surface area (Å²) in [6, 6.07) is 6.97. The van der Waals surface area contributed by atoms with E-state index in [0.29, 0.717) is 42.3 Å². The molecule has 0 radical (unpaired) electrons. The number of ether oxygens (including phenoxy) is 2. The van der Waals surface area contributed by atoms with Gasteiger partial charge in [-0.3, -0.25) is 4.90 Å². The highest BCUT2D eigenvalue weighted by molar-refractivity contribution is 6.29. The summed E-state index contributed by atoms with van der Waals surface area (Å²) in [6.07, 6.45) is -2.87. The molecule has 4 rings (SSSR count). The minimum absolute atomic E-state index is 0.196. The molecule has 1 spiro atoms. The number of fused-ring (bicyclic) bond motifs is 2. The molecule has 1 N–H and O–H groups in total. The summed E-state index contributed by atoms with van der Waals surface area (Å²) in [5, 5.41) is 3.14. The first kappa shape index (κ1) is 26.8. The van der Waals surface area contributed by atoms with Crippen LogP contribution in [0.3, 0.4) is 0 Å². The topological polar surface area (TPSA) is 84.0 Å². The Morgan fingerprint density at radius 3 is 2.46 bits per heavy atom. The highest BCUT2D eigenvalue weighted by Gasteiger charge is 2.48. The van der Waals surface area contributed by atoms with Crippen molar-refractivity contribution in [2.24, 2.45) is 0 Å². The molecule has 1 fully saturated rings. The van der Waals surface area contributed by atoms with Crippen LogP contribution >= 0.6 is 11.6 Å². The summed E-state index contributed by atoms with van der Waals surface area (Å²) in [5.41, 5.74) is 0.549. The van der Waals surface area contributed by atoms with Crippen molar-refractivity contribution in [2.75, 3.05) is 24.5 Å². The molecular formula is C25H28ClF3N4O4. The molecule has 8 nitrogen and oxygen atoms in total. The van der Waals surface area contributed by atoms with Crippen LogP contribution in [-0.2, 0) is 16.7 Å². The number of hydrogen-bond acceptors (Lipinski definition) is 5. The second-order valence-electron chi connectivity index (χ2n) is 10.2. The summed E-state index contributed by atoms with van der Waals surface area (Å²) in [6.45, 7) is 6.46. The second-order valence-corrected chi connectivity index (χ2v) is 10.6. The Bertz CT molecular complexity index is 1180. The Morgan fingerprint density at radius 1 is 1.14 bits per heavy atom. The first-order chi connectivity index (χ1) is 17.2. The van der Waals surface area contributed by atoms with Crippen molar-refractivity contribution in [3.63, 3.8) is 0 Å². The molecule has 2 aliphatic heterocycles. The Hall–Kier alpha value is -3.21. The van der Waals surface area contributed by atoms with Crippen LogP contribution < -0.4 is 15.0 Å². The molecule has 0 atom stereocenters. The van der Waals surface area contributed by atoms with E-state index in [-0.39, 0.29) is 18.8 Å². The first-order valence-electron chi connectivity index (χ1n) is 11.8. The van der Waals surface area contributed by atoms with Crippen molar-refractivity contribution < 1.29 is 32.2 Å². The number of likely N-dealkylation sites (tertiary alicyclic amines) is 1. The lowest BCUT2D eigenvalue weighted by Crippen LogP contribution is -2.49. The van der Waals surface area contributed by atoms with Gasteiger partial charge in [0.2, 0.25) is 0 Å². The van der Waals surface area contributed by atoms with E-state index in [0.717, 1.165) is 5.56 Å². The zero-order valence-corrected chi connectivity index (χ0v) is 21.4. The number of amides is 3. The lowest BCUT2D eigenvalue weighted by atomic mass is 9.74. The number of nitrogens with one attached hydrogen (secondary N) is 1. The van der Waals surface area contributed by atoms with Crippen molar-refractivity contribution in [3.8, 4) is 5.75 Å². The Morgan fingerprint density at radius 2 is 1.84 bits per heavy atom. The van der Waals surface area contributed by atoms with Gasteiger partial charge in [-0.25, -0.2) is 14.6 Å². The van der Waals surface area contributed by atoms with Gasteiger partial charge in [-0.1, -0.05) is 11.6 Å². The van der Waals surface area contributed by atoms with E-state index in [1.807, 2.05) is 0 Å². The SMILES string of the molecule is CC(C)(C)OC(=O)N1CCC2(CC1)CN(C(=O)NCc1ccnc(Cl)c1)c1ccc(OC(F)(F)F)cc12. The number of rotatable bonds is 3. The third-order valence-electron chi connectivity index (χ3n) is 6.38. The maximum Gasteiger partial charge on any atom is 0.573 e. The third kappa shape index (κ3) is 6.38. The zero-order valence-electron chi connectivity index (χ0n) is 20.7. The minimum atomic E-state index is -4.84. The van der Waals surface area contributed by atoms with E-state index in [1.54, 1.807) is 37.8 Å². The molecule has 2 aromatic rings. The van der Waals surface area contributed by atoms with Gasteiger partial charge in [0.1, 0.15) is 16.5 Å². The fourth-order valence-corrected chi connectivity index (χ4v) is 4.92. The molecule has 0 saturated carbocycles. The molecule has 200 valence electrons. The quantitative estimate of drug-likeness (QED) is 0.510. The lowest BCUT2D eigenvalue weighted by Gasteiger charge is -2.40. The van der Waals surface area contributed by atoms with Crippen molar-refractivity contribution in [1.29, 1.82) is 0 Å². The number of carbonyl (C=O) groups excluding carboxylic acids is 2. The average Bonchev–Trinajstić information content (AvgIpc) is 3.09. The Balaban J connectivity index is 1.56. The monoisotopic (exact) mass is 540 g/mol. The molecule has 2 aliphatic rings. The molecule has 0 bridgehead atoms. The predicted octanol–water partition coefficient (Wildman–Crippen LogP) is 5.63. The lowest BCUT2D eigenvalue weighted by molar-refractivity contribution is -0.274. The summed E-state index contributed by atoms with van der Waals surface area (Å²) in [4.78, 5) is 32.8. The van der Waals surface area contributed by atoms with Crippen LogP contribution in [-0.4, -0.2) is 53.6 Å². The van der Waals surface area contributed by atoms with Gasteiger partial charge in [-0.15, -0.1) is 13.2 Å². The summed E-state index contributed by atoms with van der Waals surface area (Å²) in [5.74, 6) is -0.353. The number of aromatic nitrogens is 1. The van der Waals surface area contributed by atoms with Crippen LogP contribution in [0, 0.1) is 0 Å². The van der Waals surface area contributed by atoms with Crippen molar-refractivity contribution in [1.82, 2.24) is 15.2 Å². The number of anilines is 1. The van der Waals surface area contributed by atoms with Crippen LogP contribution in [0.5, 0.6) is 5.75 Å². The number of urea groups is 1. The number of alkyl halides is 3. The maximum absolute atomic E-state index is 13.2. The predicted molar refractivity (Wildman–Crippen MR) is 131 cm³/mol. The van der Waals surface area contributed by atoms with Crippen LogP contribution in [0.4, 0.5) is 28.4 Å². The molecule has 1 aromatic heterocycles. The van der Waals surface area contributed by atoms with Gasteiger partial charge in [0, 0.05) is 43.5 Å². The molecule has 12 heteroatoms. The first-order valence-corrected chi connectivity index (χ1v) is 12.2. The zero-order chi connectivity index (χ0) is 27.0. The highest BCUT2D eigenvalue weighted by Crippen LogP contribution is 2.48. The largest absolute Gasteiger partial charge is 0.573 e. The van der Waals surface area contributed by atoms with Crippen LogP contribution in [0.15, 0.2) is 36.5 Å². The molecule has 1 saturated heterocycles. The van der Waals surface area contributed by atoms with Crippen molar-refractivity contribution in [3.05, 3.63) is 52.8 Å². The maximum atomic E-state index is 13.2. The van der Waals surface area contributed by atoms with Gasteiger partial charge >= 0.3 is 18.5 Å².